The van der Waals surface area contributed by atoms with E-state index in [4.69, 9.17) is 39.5 Å². The Kier molecular flexibility index (Phi) is 7.57. The molecule has 0 bridgehead atoms. The predicted octanol–water partition coefficient (Wildman–Crippen LogP) is 3.96. The highest BCUT2D eigenvalue weighted by Gasteiger charge is 2.14. The van der Waals surface area contributed by atoms with Gasteiger partial charge in [0, 0.05) is 23.1 Å². The second-order valence-electron chi connectivity index (χ2n) is 5.39. The molecule has 2 amide bonds. The van der Waals surface area contributed by atoms with Gasteiger partial charge >= 0.3 is 0 Å². The summed E-state index contributed by atoms with van der Waals surface area (Å²) in [6, 6.07) is 11.3. The highest BCUT2D eigenvalue weighted by Crippen LogP contribution is 2.20. The quantitative estimate of drug-likeness (QED) is 0.673. The van der Waals surface area contributed by atoms with Gasteiger partial charge in [-0.2, -0.15) is 0 Å². The molecule has 26 heavy (non-hydrogen) atoms. The van der Waals surface area contributed by atoms with E-state index in [0.29, 0.717) is 21.4 Å². The molecule has 2 N–H and O–H groups in total. The van der Waals surface area contributed by atoms with Crippen LogP contribution in [0.15, 0.2) is 42.5 Å². The van der Waals surface area contributed by atoms with Crippen LogP contribution in [0.4, 0.5) is 0 Å². The highest BCUT2D eigenvalue weighted by atomic mass is 35.5. The number of carbonyl (C=O) groups excluding carboxylic acids is 2. The second kappa shape index (κ2) is 9.67. The fourth-order valence-electron chi connectivity index (χ4n) is 2.05. The van der Waals surface area contributed by atoms with Crippen LogP contribution in [-0.4, -0.2) is 31.0 Å². The summed E-state index contributed by atoms with van der Waals surface area (Å²) < 4.78 is 5.52. The summed E-state index contributed by atoms with van der Waals surface area (Å²) in [5.41, 5.74) is 0.321. The zero-order chi connectivity index (χ0) is 19.1. The van der Waals surface area contributed by atoms with Gasteiger partial charge in [0.05, 0.1) is 10.6 Å². The van der Waals surface area contributed by atoms with Gasteiger partial charge in [0.15, 0.2) is 6.10 Å². The van der Waals surface area contributed by atoms with Crippen LogP contribution in [0.2, 0.25) is 15.1 Å². The first-order valence-electron chi connectivity index (χ1n) is 7.80. The third-order valence-corrected chi connectivity index (χ3v) is 4.18. The molecule has 5 nitrogen and oxygen atoms in total. The van der Waals surface area contributed by atoms with E-state index in [-0.39, 0.29) is 29.9 Å². The molecule has 0 heterocycles. The van der Waals surface area contributed by atoms with Gasteiger partial charge in [-0.15, -0.1) is 0 Å². The molecule has 138 valence electrons. The fraction of sp³-hybridized carbons (Fsp3) is 0.222. The van der Waals surface area contributed by atoms with Crippen molar-refractivity contribution in [2.24, 2.45) is 0 Å². The Hall–Kier alpha value is -1.95. The largest absolute Gasteiger partial charge is 0.481 e. The molecule has 0 fully saturated rings. The van der Waals surface area contributed by atoms with Crippen molar-refractivity contribution in [3.63, 3.8) is 0 Å². The van der Waals surface area contributed by atoms with Crippen molar-refractivity contribution in [2.75, 3.05) is 13.1 Å². The fourth-order valence-corrected chi connectivity index (χ4v) is 2.67. The lowest BCUT2D eigenvalue weighted by molar-refractivity contribution is -0.127. The van der Waals surface area contributed by atoms with E-state index < -0.39 is 6.10 Å². The van der Waals surface area contributed by atoms with Crippen LogP contribution in [0, 0.1) is 0 Å². The number of amides is 2. The van der Waals surface area contributed by atoms with Gasteiger partial charge in [0.2, 0.25) is 0 Å². The molecule has 0 aliphatic heterocycles. The predicted molar refractivity (Wildman–Crippen MR) is 103 cm³/mol. The molecule has 0 saturated carbocycles. The molecule has 1 unspecified atom stereocenters. The van der Waals surface area contributed by atoms with Crippen LogP contribution in [0.3, 0.4) is 0 Å². The van der Waals surface area contributed by atoms with Crippen molar-refractivity contribution in [3.05, 3.63) is 63.1 Å². The molecular weight excluding hydrogens is 399 g/mol. The molecule has 0 spiro atoms. The lowest BCUT2D eigenvalue weighted by atomic mass is 10.2. The molecule has 0 aromatic heterocycles. The van der Waals surface area contributed by atoms with Gasteiger partial charge in [-0.3, -0.25) is 9.59 Å². The number of ether oxygens (including phenoxy) is 1. The lowest BCUT2D eigenvalue weighted by Gasteiger charge is -2.15. The molecule has 0 radical (unpaired) electrons. The number of rotatable bonds is 7. The van der Waals surface area contributed by atoms with Crippen LogP contribution < -0.4 is 15.4 Å². The zero-order valence-electron chi connectivity index (χ0n) is 13.9. The third kappa shape index (κ3) is 6.09. The van der Waals surface area contributed by atoms with Gasteiger partial charge in [-0.25, -0.2) is 0 Å². The average Bonchev–Trinajstić information content (AvgIpc) is 2.60. The van der Waals surface area contributed by atoms with Crippen molar-refractivity contribution in [2.45, 2.75) is 13.0 Å². The maximum Gasteiger partial charge on any atom is 0.260 e. The Bertz CT molecular complexity index is 782. The monoisotopic (exact) mass is 414 g/mol. The first-order valence-corrected chi connectivity index (χ1v) is 8.93. The molecule has 0 saturated heterocycles. The van der Waals surface area contributed by atoms with E-state index in [9.17, 15) is 9.59 Å². The summed E-state index contributed by atoms with van der Waals surface area (Å²) in [6.07, 6.45) is -0.683. The zero-order valence-corrected chi connectivity index (χ0v) is 16.2. The van der Waals surface area contributed by atoms with Gasteiger partial charge in [-0.1, -0.05) is 34.8 Å². The Morgan fingerprint density at radius 1 is 0.962 bits per heavy atom. The van der Waals surface area contributed by atoms with Crippen molar-refractivity contribution >= 4 is 46.6 Å². The first kappa shape index (κ1) is 20.4. The summed E-state index contributed by atoms with van der Waals surface area (Å²) in [5.74, 6) is -0.0900. The van der Waals surface area contributed by atoms with Crippen LogP contribution in [0.1, 0.15) is 17.3 Å². The van der Waals surface area contributed by atoms with Gasteiger partial charge in [-0.05, 0) is 49.4 Å². The van der Waals surface area contributed by atoms with E-state index in [0.717, 1.165) is 0 Å². The van der Waals surface area contributed by atoms with Crippen molar-refractivity contribution < 1.29 is 14.3 Å². The van der Waals surface area contributed by atoms with Crippen molar-refractivity contribution in [1.29, 1.82) is 0 Å². The number of nitrogens with one attached hydrogen (secondary N) is 2. The van der Waals surface area contributed by atoms with E-state index in [2.05, 4.69) is 10.6 Å². The third-order valence-electron chi connectivity index (χ3n) is 3.38. The topological polar surface area (TPSA) is 67.4 Å². The number of carbonyl (C=O) groups is 2. The van der Waals surface area contributed by atoms with E-state index >= 15 is 0 Å². The van der Waals surface area contributed by atoms with Gasteiger partial charge in [0.25, 0.3) is 11.8 Å². The Morgan fingerprint density at radius 3 is 2.23 bits per heavy atom. The minimum Gasteiger partial charge on any atom is -0.481 e. The number of benzene rings is 2. The van der Waals surface area contributed by atoms with Crippen LogP contribution in [0.25, 0.3) is 0 Å². The highest BCUT2D eigenvalue weighted by molar-refractivity contribution is 6.36. The maximum absolute atomic E-state index is 12.0. The summed E-state index contributed by atoms with van der Waals surface area (Å²) in [6.45, 7) is 2.14. The summed E-state index contributed by atoms with van der Waals surface area (Å²) in [4.78, 5) is 24.0. The Morgan fingerprint density at radius 2 is 1.58 bits per heavy atom. The van der Waals surface area contributed by atoms with Crippen LogP contribution >= 0.6 is 34.8 Å². The summed E-state index contributed by atoms with van der Waals surface area (Å²) >= 11 is 17.6. The maximum atomic E-state index is 12.0. The average molecular weight is 416 g/mol. The molecular formula is C18H17Cl3N2O3. The van der Waals surface area contributed by atoms with E-state index in [1.165, 1.54) is 6.07 Å². The smallest absolute Gasteiger partial charge is 0.260 e. The molecule has 1 atom stereocenters. The minimum atomic E-state index is -0.683. The summed E-state index contributed by atoms with van der Waals surface area (Å²) in [5, 5.41) is 6.67. The Balaban J connectivity index is 1.73. The Labute approximate surface area is 166 Å². The van der Waals surface area contributed by atoms with E-state index in [1.54, 1.807) is 43.3 Å². The molecule has 8 heteroatoms. The summed E-state index contributed by atoms with van der Waals surface area (Å²) in [7, 11) is 0. The first-order chi connectivity index (χ1) is 12.4. The van der Waals surface area contributed by atoms with Crippen molar-refractivity contribution in [1.82, 2.24) is 10.6 Å². The molecule has 0 aliphatic carbocycles. The van der Waals surface area contributed by atoms with Crippen molar-refractivity contribution in [3.8, 4) is 5.75 Å². The number of hydrogen-bond acceptors (Lipinski definition) is 3. The van der Waals surface area contributed by atoms with Crippen LogP contribution in [0.5, 0.6) is 5.75 Å². The van der Waals surface area contributed by atoms with E-state index in [1.807, 2.05) is 0 Å². The van der Waals surface area contributed by atoms with Crippen LogP contribution in [-0.2, 0) is 4.79 Å². The number of halogens is 3. The standard InChI is InChI=1S/C18H17Cl3N2O3/c1-11(26-14-5-2-12(19)3-6-14)17(24)22-8-9-23-18(25)15-7-4-13(20)10-16(15)21/h2-7,10-11H,8-9H2,1H3,(H,22,24)(H,23,25). The second-order valence-corrected chi connectivity index (χ2v) is 6.67. The number of hydrogen-bond donors (Lipinski definition) is 2. The SMILES string of the molecule is CC(Oc1ccc(Cl)cc1)C(=O)NCCNC(=O)c1ccc(Cl)cc1Cl. The molecule has 2 aromatic carbocycles. The van der Waals surface area contributed by atoms with Gasteiger partial charge in [0.1, 0.15) is 5.75 Å². The lowest BCUT2D eigenvalue weighted by Crippen LogP contribution is -2.40. The van der Waals surface area contributed by atoms with Gasteiger partial charge < -0.3 is 15.4 Å². The molecule has 2 aromatic rings. The molecule has 2 rings (SSSR count). The minimum absolute atomic E-state index is 0.247. The normalized spacial score (nSPS) is 11.5. The molecule has 0 aliphatic rings.